The van der Waals surface area contributed by atoms with Crippen LogP contribution in [0.15, 0.2) is 40.2 Å². The number of aliphatic imine (C=N–C) groups is 1. The SMILES string of the molecule is CN=C(NCc1cccn1C)N1CCN(S(=O)(=O)Cc2ccon2)CC1.I. The van der Waals surface area contributed by atoms with Gasteiger partial charge in [0.05, 0.1) is 12.2 Å². The van der Waals surface area contributed by atoms with Gasteiger partial charge in [0, 0.05) is 58.2 Å². The predicted octanol–water partition coefficient (Wildman–Crippen LogP) is 0.854. The van der Waals surface area contributed by atoms with Crippen molar-refractivity contribution in [3.8, 4) is 0 Å². The van der Waals surface area contributed by atoms with Crippen LogP contribution >= 0.6 is 24.0 Å². The number of rotatable bonds is 5. The summed E-state index contributed by atoms with van der Waals surface area (Å²) < 4.78 is 33.3. The highest BCUT2D eigenvalue weighted by atomic mass is 127. The maximum absolute atomic E-state index is 12.5. The smallest absolute Gasteiger partial charge is 0.220 e. The third kappa shape index (κ3) is 5.45. The second kappa shape index (κ2) is 9.55. The Morgan fingerprint density at radius 1 is 1.30 bits per heavy atom. The Balaban J connectivity index is 0.00000261. The molecule has 0 atom stereocenters. The Kier molecular flexibility index (Phi) is 7.68. The van der Waals surface area contributed by atoms with Crippen molar-refractivity contribution in [2.24, 2.45) is 12.0 Å². The minimum atomic E-state index is -3.39. The molecule has 0 aromatic carbocycles. The number of halogens is 1. The molecule has 1 aliphatic heterocycles. The highest BCUT2D eigenvalue weighted by molar-refractivity contribution is 14.0. The first-order valence-corrected chi connectivity index (χ1v) is 10.0. The van der Waals surface area contributed by atoms with Gasteiger partial charge in [-0.25, -0.2) is 8.42 Å². The molecule has 0 bridgehead atoms. The van der Waals surface area contributed by atoms with Crippen LogP contribution in [-0.2, 0) is 29.4 Å². The van der Waals surface area contributed by atoms with E-state index in [9.17, 15) is 8.42 Å². The van der Waals surface area contributed by atoms with Gasteiger partial charge in [0.1, 0.15) is 12.0 Å². The molecule has 11 heteroatoms. The Labute approximate surface area is 176 Å². The topological polar surface area (TPSA) is 96.0 Å². The summed E-state index contributed by atoms with van der Waals surface area (Å²) in [5.74, 6) is 0.643. The largest absolute Gasteiger partial charge is 0.364 e. The molecule has 0 spiro atoms. The number of aromatic nitrogens is 2. The Hall–Kier alpha value is -1.60. The van der Waals surface area contributed by atoms with E-state index in [-0.39, 0.29) is 29.7 Å². The van der Waals surface area contributed by atoms with Crippen molar-refractivity contribution in [1.82, 2.24) is 24.2 Å². The van der Waals surface area contributed by atoms with E-state index in [4.69, 9.17) is 4.52 Å². The molecule has 1 fully saturated rings. The molecule has 3 rings (SSSR count). The van der Waals surface area contributed by atoms with Gasteiger partial charge in [-0.1, -0.05) is 5.16 Å². The highest BCUT2D eigenvalue weighted by Gasteiger charge is 2.28. The van der Waals surface area contributed by atoms with E-state index in [1.807, 2.05) is 19.3 Å². The van der Waals surface area contributed by atoms with E-state index in [1.54, 1.807) is 13.1 Å². The number of hydrogen-bond acceptors (Lipinski definition) is 5. The van der Waals surface area contributed by atoms with E-state index >= 15 is 0 Å². The zero-order chi connectivity index (χ0) is 18.6. The third-order valence-corrected chi connectivity index (χ3v) is 6.26. The van der Waals surface area contributed by atoms with Gasteiger partial charge >= 0.3 is 0 Å². The fourth-order valence-corrected chi connectivity index (χ4v) is 4.38. The highest BCUT2D eigenvalue weighted by Crippen LogP contribution is 2.13. The first-order chi connectivity index (χ1) is 12.5. The average molecular weight is 508 g/mol. The average Bonchev–Trinajstić information content (AvgIpc) is 3.27. The second-order valence-electron chi connectivity index (χ2n) is 6.14. The maximum atomic E-state index is 12.5. The standard InChI is InChI=1S/C16H24N6O3S.HI/c1-17-16(18-12-15-4-3-6-20(15)2)21-7-9-22(10-8-21)26(23,24)13-14-5-11-25-19-14;/h3-6,11H,7-10,12-13H2,1-2H3,(H,17,18);1H. The van der Waals surface area contributed by atoms with Gasteiger partial charge in [0.15, 0.2) is 5.96 Å². The zero-order valence-electron chi connectivity index (χ0n) is 15.4. The quantitative estimate of drug-likeness (QED) is 0.366. The van der Waals surface area contributed by atoms with E-state index in [2.05, 4.69) is 31.0 Å². The Bertz CT molecular complexity index is 841. The summed E-state index contributed by atoms with van der Waals surface area (Å²) in [6.07, 6.45) is 3.38. The van der Waals surface area contributed by atoms with Crippen LogP contribution in [-0.4, -0.2) is 66.5 Å². The van der Waals surface area contributed by atoms with Crippen molar-refractivity contribution in [2.75, 3.05) is 33.2 Å². The monoisotopic (exact) mass is 508 g/mol. The van der Waals surface area contributed by atoms with Gasteiger partial charge in [0.25, 0.3) is 0 Å². The van der Waals surface area contributed by atoms with E-state index in [0.717, 1.165) is 11.7 Å². The van der Waals surface area contributed by atoms with Gasteiger partial charge in [0.2, 0.25) is 10.0 Å². The third-order valence-electron chi connectivity index (χ3n) is 4.44. The van der Waals surface area contributed by atoms with Crippen LogP contribution in [0.5, 0.6) is 0 Å². The fourth-order valence-electron chi connectivity index (χ4n) is 2.95. The van der Waals surface area contributed by atoms with Crippen LogP contribution in [0.1, 0.15) is 11.4 Å². The van der Waals surface area contributed by atoms with Crippen molar-refractivity contribution in [1.29, 1.82) is 0 Å². The number of hydrogen-bond donors (Lipinski definition) is 1. The number of nitrogens with zero attached hydrogens (tertiary/aromatic N) is 5. The summed E-state index contributed by atoms with van der Waals surface area (Å²) in [5.41, 5.74) is 1.58. The lowest BCUT2D eigenvalue weighted by atomic mass is 10.3. The summed E-state index contributed by atoms with van der Waals surface area (Å²) in [7, 11) is 0.340. The molecule has 9 nitrogen and oxygen atoms in total. The van der Waals surface area contributed by atoms with Crippen molar-refractivity contribution < 1.29 is 12.9 Å². The lowest BCUT2D eigenvalue weighted by Crippen LogP contribution is -2.53. The van der Waals surface area contributed by atoms with Gasteiger partial charge in [-0.3, -0.25) is 4.99 Å². The molecule has 1 aliphatic rings. The Morgan fingerprint density at radius 3 is 2.59 bits per heavy atom. The fraction of sp³-hybridized carbons (Fsp3) is 0.500. The number of nitrogens with one attached hydrogen (secondary N) is 1. The number of guanidine groups is 1. The Morgan fingerprint density at radius 2 is 2.04 bits per heavy atom. The van der Waals surface area contributed by atoms with Gasteiger partial charge in [-0.05, 0) is 12.1 Å². The van der Waals surface area contributed by atoms with E-state index in [1.165, 1.54) is 10.6 Å². The molecule has 0 aliphatic carbocycles. The van der Waals surface area contributed by atoms with Gasteiger partial charge < -0.3 is 19.3 Å². The van der Waals surface area contributed by atoms with Crippen LogP contribution in [0.25, 0.3) is 0 Å². The lowest BCUT2D eigenvalue weighted by molar-refractivity contribution is 0.259. The summed E-state index contributed by atoms with van der Waals surface area (Å²) in [4.78, 5) is 6.40. The van der Waals surface area contributed by atoms with Crippen LogP contribution in [0.2, 0.25) is 0 Å². The number of sulfonamides is 1. The minimum Gasteiger partial charge on any atom is -0.364 e. The molecule has 2 aromatic heterocycles. The van der Waals surface area contributed by atoms with Crippen LogP contribution < -0.4 is 5.32 Å². The summed E-state index contributed by atoms with van der Waals surface area (Å²) in [6, 6.07) is 5.62. The van der Waals surface area contributed by atoms with Crippen LogP contribution in [0, 0.1) is 0 Å². The molecule has 2 aromatic rings. The summed E-state index contributed by atoms with van der Waals surface area (Å²) in [5, 5.41) is 7.02. The molecule has 3 heterocycles. The summed E-state index contributed by atoms with van der Waals surface area (Å²) in [6.45, 7) is 2.69. The molecule has 150 valence electrons. The normalized spacial score (nSPS) is 16.2. The molecule has 0 amide bonds. The first kappa shape index (κ1) is 21.7. The molecule has 1 saturated heterocycles. The molecule has 1 N–H and O–H groups in total. The predicted molar refractivity (Wildman–Crippen MR) is 113 cm³/mol. The molecule has 0 radical (unpaired) electrons. The van der Waals surface area contributed by atoms with Crippen molar-refractivity contribution in [3.05, 3.63) is 42.0 Å². The lowest BCUT2D eigenvalue weighted by Gasteiger charge is -2.35. The van der Waals surface area contributed by atoms with Gasteiger partial charge in [-0.2, -0.15) is 4.31 Å². The molecule has 0 unspecified atom stereocenters. The first-order valence-electron chi connectivity index (χ1n) is 8.42. The molecule has 27 heavy (non-hydrogen) atoms. The molecule has 0 saturated carbocycles. The van der Waals surface area contributed by atoms with Crippen molar-refractivity contribution in [2.45, 2.75) is 12.3 Å². The van der Waals surface area contributed by atoms with Crippen molar-refractivity contribution >= 4 is 40.0 Å². The van der Waals surface area contributed by atoms with E-state index < -0.39 is 10.0 Å². The number of aryl methyl sites for hydroxylation is 1. The van der Waals surface area contributed by atoms with Gasteiger partial charge in [-0.15, -0.1) is 24.0 Å². The maximum Gasteiger partial charge on any atom is 0.220 e. The summed E-state index contributed by atoms with van der Waals surface area (Å²) >= 11 is 0. The molecular formula is C16H25IN6O3S. The second-order valence-corrected chi connectivity index (χ2v) is 8.11. The van der Waals surface area contributed by atoms with Crippen molar-refractivity contribution in [3.63, 3.8) is 0 Å². The van der Waals surface area contributed by atoms with E-state index in [0.29, 0.717) is 38.4 Å². The zero-order valence-corrected chi connectivity index (χ0v) is 18.6. The van der Waals surface area contributed by atoms with Crippen LogP contribution in [0.4, 0.5) is 0 Å². The minimum absolute atomic E-state index is 0. The number of piperazine rings is 1. The molecular weight excluding hydrogens is 483 g/mol. The van der Waals surface area contributed by atoms with Crippen LogP contribution in [0.3, 0.4) is 0 Å².